The number of oxime groups is 1. The van der Waals surface area contributed by atoms with Gasteiger partial charge < -0.3 is 9.94 Å². The predicted octanol–water partition coefficient (Wildman–Crippen LogP) is 2.52. The second-order valence-corrected chi connectivity index (χ2v) is 4.99. The number of aryl methyl sites for hydroxylation is 2. The zero-order valence-corrected chi connectivity index (χ0v) is 11.0. The number of carboxylic acids is 1. The topological polar surface area (TPSA) is 58.9 Å². The molecule has 1 aliphatic rings. The van der Waals surface area contributed by atoms with Crippen molar-refractivity contribution >= 4 is 11.7 Å². The quantitative estimate of drug-likeness (QED) is 0.873. The standard InChI is InChI=1S/C14H17NO3/c1-8-5-6-11(7-9(8)2)12-14(4,13(16)17)10(3)18-15-12/h5-7,10H,1-4H3,(H,16,17). The van der Waals surface area contributed by atoms with E-state index < -0.39 is 17.5 Å². The molecule has 0 radical (unpaired) electrons. The lowest BCUT2D eigenvalue weighted by molar-refractivity contribution is -0.148. The molecule has 2 atom stereocenters. The second-order valence-electron chi connectivity index (χ2n) is 4.99. The van der Waals surface area contributed by atoms with Crippen LogP contribution >= 0.6 is 0 Å². The van der Waals surface area contributed by atoms with Crippen molar-refractivity contribution in [2.24, 2.45) is 10.6 Å². The number of hydrogen-bond acceptors (Lipinski definition) is 3. The minimum absolute atomic E-state index is 0.466. The van der Waals surface area contributed by atoms with E-state index in [0.717, 1.165) is 11.1 Å². The van der Waals surface area contributed by atoms with Gasteiger partial charge in [-0.3, -0.25) is 4.79 Å². The number of carbonyl (C=O) groups is 1. The first kappa shape index (κ1) is 12.6. The number of hydrogen-bond donors (Lipinski definition) is 1. The molecular formula is C14H17NO3. The Balaban J connectivity index is 2.50. The minimum Gasteiger partial charge on any atom is -0.480 e. The zero-order valence-electron chi connectivity index (χ0n) is 11.0. The average Bonchev–Trinajstić information content (AvgIpc) is 2.61. The molecule has 1 aromatic carbocycles. The Bertz CT molecular complexity index is 536. The minimum atomic E-state index is -1.10. The average molecular weight is 247 g/mol. The van der Waals surface area contributed by atoms with Crippen molar-refractivity contribution in [2.45, 2.75) is 33.8 Å². The van der Waals surface area contributed by atoms with Gasteiger partial charge in [0, 0.05) is 5.56 Å². The maximum absolute atomic E-state index is 11.5. The summed E-state index contributed by atoms with van der Waals surface area (Å²) in [6, 6.07) is 5.82. The molecule has 18 heavy (non-hydrogen) atoms. The molecule has 2 rings (SSSR count). The third-order valence-corrected chi connectivity index (χ3v) is 3.83. The Hall–Kier alpha value is -1.84. The van der Waals surface area contributed by atoms with Gasteiger partial charge in [0.15, 0.2) is 0 Å². The zero-order chi connectivity index (χ0) is 13.5. The SMILES string of the molecule is Cc1ccc(C2=NOC(C)C2(C)C(=O)O)cc1C. The Labute approximate surface area is 106 Å². The summed E-state index contributed by atoms with van der Waals surface area (Å²) in [4.78, 5) is 16.7. The fraction of sp³-hybridized carbons (Fsp3) is 0.429. The van der Waals surface area contributed by atoms with Gasteiger partial charge in [0.25, 0.3) is 0 Å². The first-order chi connectivity index (χ1) is 8.37. The normalized spacial score (nSPS) is 26.7. The number of carboxylic acid groups (broad SMARTS) is 1. The van der Waals surface area contributed by atoms with Crippen molar-refractivity contribution in [2.75, 3.05) is 0 Å². The highest BCUT2D eigenvalue weighted by Gasteiger charge is 2.50. The van der Waals surface area contributed by atoms with Crippen LogP contribution in [0.3, 0.4) is 0 Å². The summed E-state index contributed by atoms with van der Waals surface area (Å²) in [6.07, 6.45) is -0.466. The second kappa shape index (κ2) is 4.12. The van der Waals surface area contributed by atoms with Gasteiger partial charge in [-0.15, -0.1) is 0 Å². The highest BCUT2D eigenvalue weighted by Crippen LogP contribution is 2.35. The van der Waals surface area contributed by atoms with Gasteiger partial charge in [-0.25, -0.2) is 0 Å². The molecule has 0 saturated carbocycles. The molecule has 4 heteroatoms. The van der Waals surface area contributed by atoms with E-state index in [1.807, 2.05) is 32.0 Å². The molecule has 1 heterocycles. The summed E-state index contributed by atoms with van der Waals surface area (Å²) < 4.78 is 0. The van der Waals surface area contributed by atoms with Crippen molar-refractivity contribution < 1.29 is 14.7 Å². The lowest BCUT2D eigenvalue weighted by Gasteiger charge is -2.23. The van der Waals surface area contributed by atoms with E-state index in [1.165, 1.54) is 5.56 Å². The largest absolute Gasteiger partial charge is 0.480 e. The fourth-order valence-electron chi connectivity index (χ4n) is 2.04. The van der Waals surface area contributed by atoms with E-state index in [1.54, 1.807) is 13.8 Å². The Morgan fingerprint density at radius 3 is 2.61 bits per heavy atom. The summed E-state index contributed by atoms with van der Waals surface area (Å²) in [5.74, 6) is -0.913. The van der Waals surface area contributed by atoms with Crippen LogP contribution in [0.4, 0.5) is 0 Å². The summed E-state index contributed by atoms with van der Waals surface area (Å²) in [5, 5.41) is 13.4. The maximum Gasteiger partial charge on any atom is 0.319 e. The molecule has 1 aromatic rings. The van der Waals surface area contributed by atoms with Crippen LogP contribution in [-0.2, 0) is 9.63 Å². The van der Waals surface area contributed by atoms with Crippen molar-refractivity contribution in [3.63, 3.8) is 0 Å². The molecular weight excluding hydrogens is 230 g/mol. The van der Waals surface area contributed by atoms with Gasteiger partial charge in [-0.05, 0) is 44.9 Å². The van der Waals surface area contributed by atoms with E-state index in [0.29, 0.717) is 5.71 Å². The highest BCUT2D eigenvalue weighted by molar-refractivity contribution is 6.15. The lowest BCUT2D eigenvalue weighted by Crippen LogP contribution is -2.42. The molecule has 0 saturated heterocycles. The van der Waals surface area contributed by atoms with Crippen LogP contribution in [0.1, 0.15) is 30.5 Å². The van der Waals surface area contributed by atoms with Crippen molar-refractivity contribution in [1.29, 1.82) is 0 Å². The van der Waals surface area contributed by atoms with Crippen LogP contribution in [0.15, 0.2) is 23.4 Å². The third-order valence-electron chi connectivity index (χ3n) is 3.83. The highest BCUT2D eigenvalue weighted by atomic mass is 16.6. The van der Waals surface area contributed by atoms with E-state index in [9.17, 15) is 9.90 Å². The first-order valence-electron chi connectivity index (χ1n) is 5.92. The van der Waals surface area contributed by atoms with Gasteiger partial charge in [0.2, 0.25) is 0 Å². The molecule has 0 bridgehead atoms. The fourth-order valence-corrected chi connectivity index (χ4v) is 2.04. The molecule has 4 nitrogen and oxygen atoms in total. The van der Waals surface area contributed by atoms with Crippen LogP contribution in [0.25, 0.3) is 0 Å². The van der Waals surface area contributed by atoms with E-state index >= 15 is 0 Å². The van der Waals surface area contributed by atoms with Gasteiger partial charge in [-0.2, -0.15) is 0 Å². The van der Waals surface area contributed by atoms with Crippen LogP contribution in [0.5, 0.6) is 0 Å². The summed E-state index contributed by atoms with van der Waals surface area (Å²) >= 11 is 0. The molecule has 0 aromatic heterocycles. The monoisotopic (exact) mass is 247 g/mol. The smallest absolute Gasteiger partial charge is 0.319 e. The third kappa shape index (κ3) is 1.68. The van der Waals surface area contributed by atoms with Crippen LogP contribution in [0.2, 0.25) is 0 Å². The van der Waals surface area contributed by atoms with Gasteiger partial charge in [0.1, 0.15) is 17.2 Å². The molecule has 0 amide bonds. The summed E-state index contributed by atoms with van der Waals surface area (Å²) in [5.41, 5.74) is 2.49. The van der Waals surface area contributed by atoms with Crippen molar-refractivity contribution in [3.8, 4) is 0 Å². The lowest BCUT2D eigenvalue weighted by atomic mass is 9.77. The summed E-state index contributed by atoms with van der Waals surface area (Å²) in [6.45, 7) is 7.40. The Morgan fingerprint density at radius 2 is 2.06 bits per heavy atom. The molecule has 1 aliphatic heterocycles. The molecule has 2 unspecified atom stereocenters. The van der Waals surface area contributed by atoms with Crippen LogP contribution in [-0.4, -0.2) is 22.9 Å². The van der Waals surface area contributed by atoms with Crippen molar-refractivity contribution in [1.82, 2.24) is 0 Å². The maximum atomic E-state index is 11.5. The van der Waals surface area contributed by atoms with Gasteiger partial charge >= 0.3 is 5.97 Å². The first-order valence-corrected chi connectivity index (χ1v) is 5.92. The molecule has 0 aliphatic carbocycles. The Kier molecular flexibility index (Phi) is 2.89. The number of rotatable bonds is 2. The number of nitrogens with zero attached hydrogens (tertiary/aromatic N) is 1. The van der Waals surface area contributed by atoms with E-state index in [2.05, 4.69) is 5.16 Å². The van der Waals surface area contributed by atoms with Crippen molar-refractivity contribution in [3.05, 3.63) is 34.9 Å². The molecule has 96 valence electrons. The van der Waals surface area contributed by atoms with Crippen LogP contribution in [0, 0.1) is 19.3 Å². The number of aliphatic carboxylic acids is 1. The predicted molar refractivity (Wildman–Crippen MR) is 68.7 cm³/mol. The summed E-state index contributed by atoms with van der Waals surface area (Å²) in [7, 11) is 0. The molecule has 1 N–H and O–H groups in total. The van der Waals surface area contributed by atoms with Crippen LogP contribution < -0.4 is 0 Å². The van der Waals surface area contributed by atoms with E-state index in [4.69, 9.17) is 4.84 Å². The van der Waals surface area contributed by atoms with Gasteiger partial charge in [-0.1, -0.05) is 17.3 Å². The molecule has 0 fully saturated rings. The molecule has 0 spiro atoms. The van der Waals surface area contributed by atoms with E-state index in [-0.39, 0.29) is 0 Å². The number of benzene rings is 1. The Morgan fingerprint density at radius 1 is 1.39 bits per heavy atom. The van der Waals surface area contributed by atoms with Gasteiger partial charge in [0.05, 0.1) is 0 Å².